The van der Waals surface area contributed by atoms with E-state index in [2.05, 4.69) is 67.3 Å². The zero-order valence-electron chi connectivity index (χ0n) is 15.0. The molecule has 0 aromatic heterocycles. The minimum atomic E-state index is 0. The van der Waals surface area contributed by atoms with Crippen molar-refractivity contribution in [2.45, 2.75) is 31.7 Å². The van der Waals surface area contributed by atoms with Crippen molar-refractivity contribution in [2.75, 3.05) is 33.2 Å². The van der Waals surface area contributed by atoms with Crippen LogP contribution in [0.3, 0.4) is 0 Å². The molecule has 1 fully saturated rings. The molecule has 25 heavy (non-hydrogen) atoms. The van der Waals surface area contributed by atoms with Crippen molar-refractivity contribution in [1.29, 1.82) is 0 Å². The highest BCUT2D eigenvalue weighted by Crippen LogP contribution is 2.13. The second kappa shape index (κ2) is 12.7. The molecule has 0 atom stereocenters. The number of aryl methyl sites for hydroxylation is 1. The average molecular weight is 521 g/mol. The fourth-order valence-corrected chi connectivity index (χ4v) is 3.47. The minimum absolute atomic E-state index is 0. The van der Waals surface area contributed by atoms with Gasteiger partial charge in [-0.15, -0.1) is 30.6 Å². The first kappa shape index (κ1) is 22.4. The van der Waals surface area contributed by atoms with E-state index in [1.54, 1.807) is 0 Å². The molecule has 6 heteroatoms. The molecule has 0 radical (unpaired) electrons. The van der Waals surface area contributed by atoms with Crippen molar-refractivity contribution in [2.24, 2.45) is 4.99 Å². The first-order chi connectivity index (χ1) is 11.7. The lowest BCUT2D eigenvalue weighted by Crippen LogP contribution is -2.48. The number of hydrogen-bond donors (Lipinski definition) is 2. The first-order valence-corrected chi connectivity index (χ1v) is 9.55. The highest BCUT2D eigenvalue weighted by Gasteiger charge is 2.18. The van der Waals surface area contributed by atoms with Crippen LogP contribution < -0.4 is 10.6 Å². The van der Waals surface area contributed by atoms with E-state index in [9.17, 15) is 0 Å². The molecule has 4 nitrogen and oxygen atoms in total. The van der Waals surface area contributed by atoms with Gasteiger partial charge in [-0.1, -0.05) is 34.1 Å². The molecule has 140 valence electrons. The molecule has 0 bridgehead atoms. The molecule has 2 rings (SSSR count). The van der Waals surface area contributed by atoms with Gasteiger partial charge in [0.25, 0.3) is 0 Å². The van der Waals surface area contributed by atoms with Gasteiger partial charge in [-0.2, -0.15) is 0 Å². The van der Waals surface area contributed by atoms with Gasteiger partial charge in [0.05, 0.1) is 0 Å². The SMILES string of the molecule is C=CCN1CCC(NC(=NC)NCCCc2cccc(Br)c2)CC1.I. The van der Waals surface area contributed by atoms with E-state index in [1.165, 1.54) is 5.56 Å². The van der Waals surface area contributed by atoms with Gasteiger partial charge in [-0.05, 0) is 43.4 Å². The number of guanidine groups is 1. The summed E-state index contributed by atoms with van der Waals surface area (Å²) in [6.07, 6.45) is 6.47. The molecule has 0 spiro atoms. The Morgan fingerprint density at radius 3 is 2.80 bits per heavy atom. The Labute approximate surface area is 177 Å². The van der Waals surface area contributed by atoms with Gasteiger partial charge in [-0.25, -0.2) is 0 Å². The van der Waals surface area contributed by atoms with Gasteiger partial charge in [0.2, 0.25) is 0 Å². The third-order valence-electron chi connectivity index (χ3n) is 4.36. The molecule has 2 N–H and O–H groups in total. The Balaban J connectivity index is 0.00000312. The number of piperidine rings is 1. The monoisotopic (exact) mass is 520 g/mol. The summed E-state index contributed by atoms with van der Waals surface area (Å²) in [4.78, 5) is 6.80. The van der Waals surface area contributed by atoms with Crippen molar-refractivity contribution >= 4 is 45.9 Å². The Bertz CT molecular complexity index is 542. The quantitative estimate of drug-likeness (QED) is 0.189. The van der Waals surface area contributed by atoms with E-state index in [0.717, 1.165) is 62.3 Å². The maximum atomic E-state index is 4.35. The molecule has 1 heterocycles. The number of nitrogens with one attached hydrogen (secondary N) is 2. The van der Waals surface area contributed by atoms with Gasteiger partial charge in [0.15, 0.2) is 5.96 Å². The molecule has 1 aromatic carbocycles. The second-order valence-electron chi connectivity index (χ2n) is 6.24. The van der Waals surface area contributed by atoms with E-state index in [4.69, 9.17) is 0 Å². The first-order valence-electron chi connectivity index (χ1n) is 8.76. The fourth-order valence-electron chi connectivity index (χ4n) is 3.02. The van der Waals surface area contributed by atoms with Gasteiger partial charge >= 0.3 is 0 Å². The zero-order valence-corrected chi connectivity index (χ0v) is 18.9. The maximum Gasteiger partial charge on any atom is 0.191 e. The van der Waals surface area contributed by atoms with E-state index in [-0.39, 0.29) is 24.0 Å². The van der Waals surface area contributed by atoms with Crippen LogP contribution in [0.25, 0.3) is 0 Å². The summed E-state index contributed by atoms with van der Waals surface area (Å²) in [5.74, 6) is 0.923. The molecule has 1 aromatic rings. The standard InChI is InChI=1S/C19H29BrN4.HI/c1-3-12-24-13-9-18(10-14-24)23-19(21-2)22-11-5-7-16-6-4-8-17(20)15-16;/h3-4,6,8,15,18H,1,5,7,9-14H2,2H3,(H2,21,22,23);1H. The molecular weight excluding hydrogens is 491 g/mol. The highest BCUT2D eigenvalue weighted by molar-refractivity contribution is 14.0. The number of rotatable bonds is 7. The van der Waals surface area contributed by atoms with Gasteiger partial charge in [-0.3, -0.25) is 9.89 Å². The molecule has 0 unspecified atom stereocenters. The summed E-state index contributed by atoms with van der Waals surface area (Å²) in [6, 6.07) is 9.03. The highest BCUT2D eigenvalue weighted by atomic mass is 127. The van der Waals surface area contributed by atoms with E-state index >= 15 is 0 Å². The van der Waals surface area contributed by atoms with Crippen LogP contribution in [0.1, 0.15) is 24.8 Å². The zero-order chi connectivity index (χ0) is 17.2. The van der Waals surface area contributed by atoms with E-state index in [1.807, 2.05) is 13.1 Å². The molecule has 1 aliphatic heterocycles. The van der Waals surface area contributed by atoms with Gasteiger partial charge < -0.3 is 10.6 Å². The van der Waals surface area contributed by atoms with Crippen LogP contribution in [0, 0.1) is 0 Å². The molecule has 1 aliphatic rings. The van der Waals surface area contributed by atoms with Crippen LogP contribution >= 0.6 is 39.9 Å². The summed E-state index contributed by atoms with van der Waals surface area (Å²) < 4.78 is 1.15. The lowest BCUT2D eigenvalue weighted by Gasteiger charge is -2.32. The van der Waals surface area contributed by atoms with Crippen LogP contribution in [0.2, 0.25) is 0 Å². The summed E-state index contributed by atoms with van der Waals surface area (Å²) in [6.45, 7) is 8.00. The topological polar surface area (TPSA) is 39.7 Å². The third kappa shape index (κ3) is 8.55. The normalized spacial score (nSPS) is 16.2. The Morgan fingerprint density at radius 1 is 1.40 bits per heavy atom. The van der Waals surface area contributed by atoms with Crippen molar-refractivity contribution in [3.8, 4) is 0 Å². The molecule has 0 aliphatic carbocycles. The average Bonchev–Trinajstić information content (AvgIpc) is 2.59. The minimum Gasteiger partial charge on any atom is -0.356 e. The fraction of sp³-hybridized carbons (Fsp3) is 0.526. The van der Waals surface area contributed by atoms with E-state index in [0.29, 0.717) is 6.04 Å². The van der Waals surface area contributed by atoms with Crippen LogP contribution in [-0.4, -0.2) is 50.1 Å². The molecule has 0 amide bonds. The number of aliphatic imine (C=N–C) groups is 1. The predicted molar refractivity (Wildman–Crippen MR) is 122 cm³/mol. The van der Waals surface area contributed by atoms with E-state index < -0.39 is 0 Å². The van der Waals surface area contributed by atoms with Crippen molar-refractivity contribution < 1.29 is 0 Å². The Kier molecular flexibility index (Phi) is 11.4. The maximum absolute atomic E-state index is 4.35. The molecule has 1 saturated heterocycles. The van der Waals surface area contributed by atoms with Crippen LogP contribution in [-0.2, 0) is 6.42 Å². The third-order valence-corrected chi connectivity index (χ3v) is 4.86. The molecular formula is C19H30BrIN4. The number of nitrogens with zero attached hydrogens (tertiary/aromatic N) is 2. The summed E-state index contributed by atoms with van der Waals surface area (Å²) in [7, 11) is 1.84. The predicted octanol–water partition coefficient (Wildman–Crippen LogP) is 3.82. The lowest BCUT2D eigenvalue weighted by atomic mass is 10.1. The Morgan fingerprint density at radius 2 is 2.16 bits per heavy atom. The van der Waals surface area contributed by atoms with Gasteiger partial charge in [0, 0.05) is 43.7 Å². The Hall–Kier alpha value is -0.600. The number of benzene rings is 1. The van der Waals surface area contributed by atoms with Crippen molar-refractivity contribution in [3.05, 3.63) is 47.0 Å². The van der Waals surface area contributed by atoms with Crippen LogP contribution in [0.4, 0.5) is 0 Å². The van der Waals surface area contributed by atoms with Crippen molar-refractivity contribution in [1.82, 2.24) is 15.5 Å². The summed E-state index contributed by atoms with van der Waals surface area (Å²) >= 11 is 3.52. The lowest BCUT2D eigenvalue weighted by molar-refractivity contribution is 0.225. The number of halogens is 2. The number of hydrogen-bond acceptors (Lipinski definition) is 2. The summed E-state index contributed by atoms with van der Waals surface area (Å²) in [5.41, 5.74) is 1.36. The number of likely N-dealkylation sites (tertiary alicyclic amines) is 1. The smallest absolute Gasteiger partial charge is 0.191 e. The second-order valence-corrected chi connectivity index (χ2v) is 7.16. The summed E-state index contributed by atoms with van der Waals surface area (Å²) in [5, 5.41) is 6.99. The van der Waals surface area contributed by atoms with Crippen molar-refractivity contribution in [3.63, 3.8) is 0 Å². The molecule has 0 saturated carbocycles. The van der Waals surface area contributed by atoms with Crippen LogP contribution in [0.15, 0.2) is 46.4 Å². The largest absolute Gasteiger partial charge is 0.356 e. The van der Waals surface area contributed by atoms with Crippen LogP contribution in [0.5, 0.6) is 0 Å². The van der Waals surface area contributed by atoms with Gasteiger partial charge in [0.1, 0.15) is 0 Å².